The van der Waals surface area contributed by atoms with Crippen LogP contribution in [0.1, 0.15) is 18.1 Å². The van der Waals surface area contributed by atoms with Crippen LogP contribution >= 0.6 is 11.6 Å². The minimum absolute atomic E-state index is 0.169. The lowest BCUT2D eigenvalue weighted by Crippen LogP contribution is -2.28. The molecule has 0 bridgehead atoms. The molecule has 23 heavy (non-hydrogen) atoms. The van der Waals surface area contributed by atoms with Crippen molar-refractivity contribution in [2.45, 2.75) is 25.2 Å². The second kappa shape index (κ2) is 7.81. The van der Waals surface area contributed by atoms with Crippen LogP contribution in [0.15, 0.2) is 47.4 Å². The molecule has 0 heterocycles. The number of halogens is 1. The highest BCUT2D eigenvalue weighted by Crippen LogP contribution is 2.25. The standard InChI is InChI=1S/C17H20ClNO3S/c1-3-14-5-7-15(8-6-14)23(20,21)19-10-11-22-17-12-13(2)4-9-16(17)18/h4-9,12,19H,3,10-11H2,1-2H3. The molecular weight excluding hydrogens is 334 g/mol. The number of nitrogens with one attached hydrogen (secondary N) is 1. The van der Waals surface area contributed by atoms with Crippen LogP contribution < -0.4 is 9.46 Å². The van der Waals surface area contributed by atoms with Crippen molar-refractivity contribution in [2.75, 3.05) is 13.2 Å². The van der Waals surface area contributed by atoms with Crippen molar-refractivity contribution < 1.29 is 13.2 Å². The van der Waals surface area contributed by atoms with Crippen LogP contribution in [0, 0.1) is 6.92 Å². The lowest BCUT2D eigenvalue weighted by Gasteiger charge is -2.10. The number of hydrogen-bond acceptors (Lipinski definition) is 3. The quantitative estimate of drug-likeness (QED) is 0.774. The summed E-state index contributed by atoms with van der Waals surface area (Å²) in [5, 5.41) is 0.508. The molecule has 0 amide bonds. The Hall–Kier alpha value is -1.56. The number of benzene rings is 2. The molecule has 124 valence electrons. The summed E-state index contributed by atoms with van der Waals surface area (Å²) >= 11 is 6.03. The summed E-state index contributed by atoms with van der Waals surface area (Å²) in [4.78, 5) is 0.253. The van der Waals surface area contributed by atoms with Gasteiger partial charge >= 0.3 is 0 Å². The zero-order valence-electron chi connectivity index (χ0n) is 13.2. The molecule has 0 unspecified atom stereocenters. The molecular formula is C17H20ClNO3S. The monoisotopic (exact) mass is 353 g/mol. The van der Waals surface area contributed by atoms with Crippen molar-refractivity contribution in [3.05, 3.63) is 58.6 Å². The van der Waals surface area contributed by atoms with Crippen LogP contribution in [0.3, 0.4) is 0 Å². The van der Waals surface area contributed by atoms with Gasteiger partial charge in [0.15, 0.2) is 0 Å². The van der Waals surface area contributed by atoms with Crippen LogP contribution in [0.25, 0.3) is 0 Å². The average molecular weight is 354 g/mol. The lowest BCUT2D eigenvalue weighted by atomic mass is 10.2. The second-order valence-electron chi connectivity index (χ2n) is 5.18. The summed E-state index contributed by atoms with van der Waals surface area (Å²) in [6, 6.07) is 12.3. The first-order valence-corrected chi connectivity index (χ1v) is 9.26. The van der Waals surface area contributed by atoms with Crippen LogP contribution in [0.2, 0.25) is 5.02 Å². The third kappa shape index (κ3) is 4.96. The Morgan fingerprint density at radius 2 is 1.83 bits per heavy atom. The summed E-state index contributed by atoms with van der Waals surface area (Å²) < 4.78 is 32.4. The van der Waals surface area contributed by atoms with E-state index in [4.69, 9.17) is 16.3 Å². The van der Waals surface area contributed by atoms with Gasteiger partial charge in [0.1, 0.15) is 12.4 Å². The van der Waals surface area contributed by atoms with Crippen molar-refractivity contribution in [3.63, 3.8) is 0 Å². The molecule has 0 saturated heterocycles. The van der Waals surface area contributed by atoms with Crippen molar-refractivity contribution in [1.29, 1.82) is 0 Å². The van der Waals surface area contributed by atoms with E-state index in [1.165, 1.54) is 0 Å². The predicted molar refractivity (Wildman–Crippen MR) is 92.7 cm³/mol. The van der Waals surface area contributed by atoms with Crippen molar-refractivity contribution >= 4 is 21.6 Å². The molecule has 1 N–H and O–H groups in total. The molecule has 0 aliphatic heterocycles. The molecule has 0 saturated carbocycles. The number of hydrogen-bond donors (Lipinski definition) is 1. The first kappa shape index (κ1) is 17.8. The maximum atomic E-state index is 12.2. The van der Waals surface area contributed by atoms with Gasteiger partial charge in [0.25, 0.3) is 0 Å². The molecule has 0 fully saturated rings. The van der Waals surface area contributed by atoms with E-state index in [0.29, 0.717) is 10.8 Å². The normalized spacial score (nSPS) is 11.4. The largest absolute Gasteiger partial charge is 0.491 e. The van der Waals surface area contributed by atoms with Crippen molar-refractivity contribution in [3.8, 4) is 5.75 Å². The fraction of sp³-hybridized carbons (Fsp3) is 0.294. The van der Waals surface area contributed by atoms with Gasteiger partial charge in [-0.05, 0) is 48.7 Å². The topological polar surface area (TPSA) is 55.4 Å². The Bertz CT molecular complexity index is 758. The Labute approximate surface area is 142 Å². The number of rotatable bonds is 7. The summed E-state index contributed by atoms with van der Waals surface area (Å²) in [6.45, 7) is 4.33. The zero-order valence-corrected chi connectivity index (χ0v) is 14.7. The highest BCUT2D eigenvalue weighted by Gasteiger charge is 2.13. The van der Waals surface area contributed by atoms with Crippen molar-refractivity contribution in [2.24, 2.45) is 0 Å². The molecule has 4 nitrogen and oxygen atoms in total. The minimum atomic E-state index is -3.52. The minimum Gasteiger partial charge on any atom is -0.491 e. The van der Waals surface area contributed by atoms with E-state index in [1.54, 1.807) is 18.2 Å². The SMILES string of the molecule is CCc1ccc(S(=O)(=O)NCCOc2cc(C)ccc2Cl)cc1. The molecule has 2 aromatic rings. The van der Waals surface area contributed by atoms with Gasteiger partial charge in [0.05, 0.1) is 9.92 Å². The molecule has 0 radical (unpaired) electrons. The second-order valence-corrected chi connectivity index (χ2v) is 7.35. The van der Waals surface area contributed by atoms with Gasteiger partial charge in [-0.1, -0.05) is 36.7 Å². The van der Waals surface area contributed by atoms with Gasteiger partial charge < -0.3 is 4.74 Å². The summed E-state index contributed by atoms with van der Waals surface area (Å²) in [5.41, 5.74) is 2.13. The van der Waals surface area contributed by atoms with Crippen LogP contribution in [-0.4, -0.2) is 21.6 Å². The highest BCUT2D eigenvalue weighted by molar-refractivity contribution is 7.89. The molecule has 0 spiro atoms. The number of ether oxygens (including phenoxy) is 1. The van der Waals surface area contributed by atoms with E-state index in [2.05, 4.69) is 4.72 Å². The smallest absolute Gasteiger partial charge is 0.240 e. The Kier molecular flexibility index (Phi) is 6.04. The van der Waals surface area contributed by atoms with Crippen LogP contribution in [0.4, 0.5) is 0 Å². The van der Waals surface area contributed by atoms with Crippen LogP contribution in [-0.2, 0) is 16.4 Å². The lowest BCUT2D eigenvalue weighted by molar-refractivity contribution is 0.323. The molecule has 0 aromatic heterocycles. The van der Waals surface area contributed by atoms with Gasteiger partial charge in [-0.15, -0.1) is 0 Å². The average Bonchev–Trinajstić information content (AvgIpc) is 2.54. The van der Waals surface area contributed by atoms with Gasteiger partial charge in [-0.2, -0.15) is 0 Å². The van der Waals surface area contributed by atoms with Crippen LogP contribution in [0.5, 0.6) is 5.75 Å². The third-order valence-electron chi connectivity index (χ3n) is 3.38. The first-order valence-electron chi connectivity index (χ1n) is 7.40. The van der Waals surface area contributed by atoms with E-state index < -0.39 is 10.0 Å². The van der Waals surface area contributed by atoms with E-state index in [9.17, 15) is 8.42 Å². The molecule has 2 rings (SSSR count). The van der Waals surface area contributed by atoms with Gasteiger partial charge in [0.2, 0.25) is 10.0 Å². The van der Waals surface area contributed by atoms with E-state index >= 15 is 0 Å². The summed E-state index contributed by atoms with van der Waals surface area (Å²) in [6.07, 6.45) is 0.874. The Morgan fingerprint density at radius 3 is 2.48 bits per heavy atom. The molecule has 0 atom stereocenters. The van der Waals surface area contributed by atoms with E-state index in [0.717, 1.165) is 17.5 Å². The summed E-state index contributed by atoms with van der Waals surface area (Å²) in [5.74, 6) is 0.554. The number of sulfonamides is 1. The van der Waals surface area contributed by atoms with Gasteiger partial charge in [-0.25, -0.2) is 13.1 Å². The fourth-order valence-electron chi connectivity index (χ4n) is 2.05. The number of aryl methyl sites for hydroxylation is 2. The maximum absolute atomic E-state index is 12.2. The van der Waals surface area contributed by atoms with Crippen molar-refractivity contribution in [1.82, 2.24) is 4.72 Å². The fourth-order valence-corrected chi connectivity index (χ4v) is 3.23. The Morgan fingerprint density at radius 1 is 1.13 bits per heavy atom. The predicted octanol–water partition coefficient (Wildman–Crippen LogP) is 3.57. The molecule has 0 aliphatic rings. The highest BCUT2D eigenvalue weighted by atomic mass is 35.5. The van der Waals surface area contributed by atoms with Gasteiger partial charge in [-0.3, -0.25) is 0 Å². The zero-order chi connectivity index (χ0) is 16.9. The summed E-state index contributed by atoms with van der Waals surface area (Å²) in [7, 11) is -3.52. The van der Waals surface area contributed by atoms with E-state index in [1.807, 2.05) is 38.1 Å². The Balaban J connectivity index is 1.90. The molecule has 2 aromatic carbocycles. The third-order valence-corrected chi connectivity index (χ3v) is 5.17. The molecule has 6 heteroatoms. The van der Waals surface area contributed by atoms with E-state index in [-0.39, 0.29) is 18.0 Å². The molecule has 0 aliphatic carbocycles. The maximum Gasteiger partial charge on any atom is 0.240 e. The van der Waals surface area contributed by atoms with Gasteiger partial charge in [0, 0.05) is 6.54 Å². The first-order chi connectivity index (χ1) is 10.9.